The van der Waals surface area contributed by atoms with E-state index in [1.54, 1.807) is 0 Å². The van der Waals surface area contributed by atoms with Gasteiger partial charge in [0.2, 0.25) is 12.9 Å². The van der Waals surface area contributed by atoms with E-state index in [2.05, 4.69) is 20.1 Å². The van der Waals surface area contributed by atoms with Crippen LogP contribution in [0.2, 0.25) is 0 Å². The molecule has 10 nitrogen and oxygen atoms in total. The van der Waals surface area contributed by atoms with Crippen LogP contribution in [0.1, 0.15) is 155 Å². The third kappa shape index (κ3) is 13.3. The van der Waals surface area contributed by atoms with Crippen molar-refractivity contribution in [2.45, 2.75) is 192 Å². The molecule has 54 heavy (non-hydrogen) atoms. The minimum atomic E-state index is -2.84. The Balaban J connectivity index is 0.000000194. The van der Waals surface area contributed by atoms with E-state index < -0.39 is 72.2 Å². The number of ether oxygens (including phenoxy) is 2. The highest BCUT2D eigenvalue weighted by Crippen LogP contribution is 2.57. The molecule has 14 heteroatoms. The van der Waals surface area contributed by atoms with Gasteiger partial charge >= 0.3 is 11.9 Å². The Morgan fingerprint density at radius 3 is 0.926 bits per heavy atom. The first-order valence-electron chi connectivity index (χ1n) is 20.9. The number of hydrogen-bond donors (Lipinski definition) is 2. The van der Waals surface area contributed by atoms with Crippen molar-refractivity contribution in [3.8, 4) is 0 Å². The predicted octanol–water partition coefficient (Wildman–Crippen LogP) is 3.57. The molecule has 0 bridgehead atoms. The number of quaternary nitrogens is 2. The molecule has 6 aliphatic carbocycles. The summed E-state index contributed by atoms with van der Waals surface area (Å²) >= 11 is 0. The number of nitrogens with two attached hydrogens (primary N) is 2. The van der Waals surface area contributed by atoms with Gasteiger partial charge in [0.1, 0.15) is 10.8 Å². The zero-order valence-corrected chi connectivity index (χ0v) is 32.5. The van der Waals surface area contributed by atoms with Gasteiger partial charge in [-0.3, -0.25) is 9.59 Å². The maximum absolute atomic E-state index is 12.2. The van der Waals surface area contributed by atoms with Gasteiger partial charge in [-0.2, -0.15) is 0 Å². The summed E-state index contributed by atoms with van der Waals surface area (Å²) in [6, 6.07) is 3.99. The molecular formula is C40H66F4N2O8. The van der Waals surface area contributed by atoms with Crippen molar-refractivity contribution in [1.29, 1.82) is 0 Å². The summed E-state index contributed by atoms with van der Waals surface area (Å²) in [6.45, 7) is 2.87. The van der Waals surface area contributed by atoms with E-state index in [9.17, 15) is 47.0 Å². The van der Waals surface area contributed by atoms with Crippen molar-refractivity contribution >= 4 is 23.9 Å². The van der Waals surface area contributed by atoms with Crippen LogP contribution >= 0.6 is 0 Å². The van der Waals surface area contributed by atoms with E-state index in [-0.39, 0.29) is 13.2 Å². The standard InChI is InChI=1S/2C12H23N.2C8H10F2O4/c2*1-3-7-11(8-4-1)13-12-9-5-2-6-10-12;2*1-2-14-7(13)8(6(11)12)3-4(8)5(9)10/h2*11-13H,1-10H2;2*4-5H,2-3H2,1H3,(H,11,12)/t;;2*4-,8-/m..00/s1. The topological polar surface area (TPSA) is 166 Å². The third-order valence-electron chi connectivity index (χ3n) is 12.3. The molecule has 0 radical (unpaired) electrons. The molecule has 4 atom stereocenters. The number of alkyl halides is 4. The molecule has 0 heterocycles. The van der Waals surface area contributed by atoms with E-state index in [0.717, 1.165) is 24.2 Å². The average molecular weight is 779 g/mol. The minimum absolute atomic E-state index is 0.0379. The van der Waals surface area contributed by atoms with E-state index in [0.29, 0.717) is 0 Å². The molecule has 0 spiro atoms. The van der Waals surface area contributed by atoms with E-state index in [1.807, 2.05) is 0 Å². The number of carbonyl (C=O) groups is 4. The number of carbonyl (C=O) groups excluding carboxylic acids is 4. The number of halogens is 4. The molecule has 0 unspecified atom stereocenters. The van der Waals surface area contributed by atoms with Crippen LogP contribution in [0.15, 0.2) is 0 Å². The number of hydrogen-bond acceptors (Lipinski definition) is 8. The molecule has 6 rings (SSSR count). The van der Waals surface area contributed by atoms with Crippen molar-refractivity contribution < 1.29 is 67.1 Å². The van der Waals surface area contributed by atoms with Gasteiger partial charge in [-0.15, -0.1) is 0 Å². The summed E-state index contributed by atoms with van der Waals surface area (Å²) < 4.78 is 57.5. The number of rotatable bonds is 12. The molecule has 0 saturated heterocycles. The zero-order chi connectivity index (χ0) is 39.7. The summed E-state index contributed by atoms with van der Waals surface area (Å²) in [5, 5.41) is 26.6. The number of aliphatic carboxylic acids is 2. The summed E-state index contributed by atoms with van der Waals surface area (Å²) in [7, 11) is 0. The van der Waals surface area contributed by atoms with Crippen LogP contribution in [0.5, 0.6) is 0 Å². The second-order valence-corrected chi connectivity index (χ2v) is 16.2. The third-order valence-corrected chi connectivity index (χ3v) is 12.3. The van der Waals surface area contributed by atoms with Crippen molar-refractivity contribution in [3.63, 3.8) is 0 Å². The highest BCUT2D eigenvalue weighted by Gasteiger charge is 2.67. The zero-order valence-electron chi connectivity index (χ0n) is 32.5. The van der Waals surface area contributed by atoms with Gasteiger partial charge in [0.25, 0.3) is 0 Å². The second-order valence-electron chi connectivity index (χ2n) is 16.2. The lowest BCUT2D eigenvalue weighted by atomic mass is 9.91. The Kier molecular flexibility index (Phi) is 19.5. The molecular weight excluding hydrogens is 712 g/mol. The average Bonchev–Trinajstić information content (AvgIpc) is 4.08. The number of carboxylic acids is 2. The molecule has 6 aliphatic rings. The maximum atomic E-state index is 12.2. The van der Waals surface area contributed by atoms with Gasteiger partial charge < -0.3 is 39.9 Å². The van der Waals surface area contributed by atoms with Crippen LogP contribution in [-0.2, 0) is 28.7 Å². The van der Waals surface area contributed by atoms with Crippen molar-refractivity contribution in [1.82, 2.24) is 0 Å². The normalized spacial score (nSPS) is 29.0. The van der Waals surface area contributed by atoms with Gasteiger partial charge in [-0.05, 0) is 129 Å². The Bertz CT molecular complexity index is 1040. The number of esters is 2. The molecule has 0 amide bonds. The monoisotopic (exact) mass is 778 g/mol. The van der Waals surface area contributed by atoms with E-state index in [1.165, 1.54) is 142 Å². The summed E-state index contributed by atoms with van der Waals surface area (Å²) in [6.07, 6.45) is 23.4. The van der Waals surface area contributed by atoms with Crippen molar-refractivity contribution in [3.05, 3.63) is 0 Å². The molecule has 0 aliphatic heterocycles. The Hall–Kier alpha value is -2.48. The van der Waals surface area contributed by atoms with Crippen LogP contribution < -0.4 is 20.8 Å². The first kappa shape index (κ1) is 45.9. The van der Waals surface area contributed by atoms with Crippen LogP contribution in [-0.4, -0.2) is 74.1 Å². The molecule has 0 aromatic rings. The largest absolute Gasteiger partial charge is 0.549 e. The lowest BCUT2D eigenvalue weighted by molar-refractivity contribution is -0.726. The molecule has 312 valence electrons. The Labute approximate surface area is 318 Å². The quantitative estimate of drug-likeness (QED) is 0.173. The fourth-order valence-corrected chi connectivity index (χ4v) is 8.89. The molecule has 6 saturated carbocycles. The fourth-order valence-electron chi connectivity index (χ4n) is 8.89. The number of carboxylic acid groups (broad SMARTS) is 2. The van der Waals surface area contributed by atoms with Crippen LogP contribution in [0.25, 0.3) is 0 Å². The highest BCUT2D eigenvalue weighted by atomic mass is 19.3. The summed E-state index contributed by atoms with van der Waals surface area (Å²) in [5.74, 6) is -8.73. The van der Waals surface area contributed by atoms with Gasteiger partial charge in [0, 0.05) is 11.8 Å². The van der Waals surface area contributed by atoms with Crippen LogP contribution in [0, 0.1) is 22.7 Å². The van der Waals surface area contributed by atoms with Crippen molar-refractivity contribution in [2.75, 3.05) is 13.2 Å². The van der Waals surface area contributed by atoms with Gasteiger partial charge in [-0.1, -0.05) is 25.7 Å². The molecule has 0 aromatic heterocycles. The molecule has 4 N–H and O–H groups in total. The fraction of sp³-hybridized carbons (Fsp3) is 0.900. The van der Waals surface area contributed by atoms with Gasteiger partial charge in [-0.25, -0.2) is 17.6 Å². The smallest absolute Gasteiger partial charge is 0.318 e. The predicted molar refractivity (Wildman–Crippen MR) is 188 cm³/mol. The lowest BCUT2D eigenvalue weighted by Crippen LogP contribution is -2.95. The SMILES string of the molecule is C1CCC([NH2+]C2CCCCC2)CC1.C1CCC([NH2+]C2CCCCC2)CC1.CCOC(=O)[C@@]1(C(=O)[O-])C[C@H]1C(F)F.CCOC(=O)[C@@]1(C(=O)[O-])C[C@H]1C(F)F. The van der Waals surface area contributed by atoms with E-state index >= 15 is 0 Å². The lowest BCUT2D eigenvalue weighted by Gasteiger charge is -2.27. The van der Waals surface area contributed by atoms with Gasteiger partial charge in [0.15, 0.2) is 0 Å². The van der Waals surface area contributed by atoms with Crippen molar-refractivity contribution in [2.24, 2.45) is 22.7 Å². The maximum Gasteiger partial charge on any atom is 0.318 e. The van der Waals surface area contributed by atoms with Crippen LogP contribution in [0.4, 0.5) is 17.6 Å². The van der Waals surface area contributed by atoms with Crippen LogP contribution in [0.3, 0.4) is 0 Å². The summed E-state index contributed by atoms with van der Waals surface area (Å²) in [4.78, 5) is 43.4. The summed E-state index contributed by atoms with van der Waals surface area (Å²) in [5.41, 5.74) is -4.21. The minimum Gasteiger partial charge on any atom is -0.549 e. The molecule has 0 aromatic carbocycles. The second kappa shape index (κ2) is 22.9. The van der Waals surface area contributed by atoms with E-state index in [4.69, 9.17) is 0 Å². The first-order chi connectivity index (χ1) is 25.8. The Morgan fingerprint density at radius 1 is 0.519 bits per heavy atom. The highest BCUT2D eigenvalue weighted by molar-refractivity contribution is 6.02. The first-order valence-corrected chi connectivity index (χ1v) is 20.9. The Morgan fingerprint density at radius 2 is 0.759 bits per heavy atom. The molecule has 6 fully saturated rings. The van der Waals surface area contributed by atoms with Gasteiger partial charge in [0.05, 0.1) is 49.3 Å².